The molecule has 0 spiro atoms. The van der Waals surface area contributed by atoms with Crippen LogP contribution in [0.1, 0.15) is 22.3 Å². The Labute approximate surface area is 142 Å². The number of nitrogens with zero attached hydrogens (tertiary/aromatic N) is 2. The van der Waals surface area contributed by atoms with Crippen LogP contribution in [-0.4, -0.2) is 32.9 Å². The highest BCUT2D eigenvalue weighted by atomic mass is 32.2. The molecule has 2 aromatic rings. The second kappa shape index (κ2) is 6.84. The van der Waals surface area contributed by atoms with Gasteiger partial charge in [0.05, 0.1) is 17.8 Å². The van der Waals surface area contributed by atoms with Crippen LogP contribution in [0, 0.1) is 0 Å². The summed E-state index contributed by atoms with van der Waals surface area (Å²) in [5.74, 6) is -1.96. The molecule has 1 aliphatic heterocycles. The minimum Gasteiger partial charge on any atom is -0.545 e. The molecule has 3 rings (SSSR count). The molecule has 122 valence electrons. The Hall–Kier alpha value is -2.67. The van der Waals surface area contributed by atoms with Crippen LogP contribution in [0.2, 0.25) is 0 Å². The van der Waals surface area contributed by atoms with Crippen molar-refractivity contribution in [2.45, 2.75) is 23.2 Å². The molecule has 2 heterocycles. The molecule has 1 aromatic carbocycles. The number of hydrogen-bond donors (Lipinski definition) is 0. The smallest absolute Gasteiger partial charge is 0.243 e. The molecule has 1 saturated heterocycles. The van der Waals surface area contributed by atoms with Gasteiger partial charge in [-0.1, -0.05) is 42.1 Å². The Bertz CT molecular complexity index is 794. The first-order valence-electron chi connectivity index (χ1n) is 7.27. The number of aromatic nitrogens is 1. The highest BCUT2D eigenvalue weighted by molar-refractivity contribution is 8.00. The van der Waals surface area contributed by atoms with E-state index in [0.717, 1.165) is 17.3 Å². The van der Waals surface area contributed by atoms with Crippen molar-refractivity contribution in [1.29, 1.82) is 0 Å². The molecule has 0 N–H and O–H groups in total. The number of pyridine rings is 1. The highest BCUT2D eigenvalue weighted by Crippen LogP contribution is 2.32. The van der Waals surface area contributed by atoms with E-state index < -0.39 is 11.2 Å². The van der Waals surface area contributed by atoms with Crippen LogP contribution in [0.15, 0.2) is 53.7 Å². The topological polar surface area (TPSA) is 90.4 Å². The Morgan fingerprint density at radius 3 is 2.67 bits per heavy atom. The third-order valence-electron chi connectivity index (χ3n) is 3.63. The number of imide groups is 1. The average molecular weight is 341 g/mol. The number of aromatic carboxylic acids is 1. The standard InChI is InChI=1S/C17H14N2O4S/c20-14-9-13(24-15-12(17(22)23)7-4-8-18-15)16(21)19(14)10-11-5-2-1-3-6-11/h1-8,13H,9-10H2,(H,22,23)/p-1. The lowest BCUT2D eigenvalue weighted by Crippen LogP contribution is -2.31. The third-order valence-corrected chi connectivity index (χ3v) is 4.83. The second-order valence-electron chi connectivity index (χ2n) is 5.26. The van der Waals surface area contributed by atoms with E-state index in [9.17, 15) is 19.5 Å². The van der Waals surface area contributed by atoms with Crippen molar-refractivity contribution in [2.24, 2.45) is 0 Å². The van der Waals surface area contributed by atoms with Gasteiger partial charge < -0.3 is 9.90 Å². The number of carboxylic acids is 1. The lowest BCUT2D eigenvalue weighted by atomic mass is 10.2. The number of amides is 2. The summed E-state index contributed by atoms with van der Waals surface area (Å²) in [7, 11) is 0. The van der Waals surface area contributed by atoms with E-state index in [1.54, 1.807) is 0 Å². The van der Waals surface area contributed by atoms with Crippen molar-refractivity contribution >= 4 is 29.5 Å². The Morgan fingerprint density at radius 1 is 1.21 bits per heavy atom. The quantitative estimate of drug-likeness (QED) is 0.750. The number of hydrogen-bond acceptors (Lipinski definition) is 6. The van der Waals surface area contributed by atoms with E-state index in [-0.39, 0.29) is 35.4 Å². The van der Waals surface area contributed by atoms with Gasteiger partial charge in [-0.3, -0.25) is 14.5 Å². The van der Waals surface area contributed by atoms with E-state index in [0.29, 0.717) is 0 Å². The number of thioether (sulfide) groups is 1. The van der Waals surface area contributed by atoms with E-state index in [1.165, 1.54) is 23.2 Å². The molecule has 0 radical (unpaired) electrons. The molecular weight excluding hydrogens is 328 g/mol. The molecule has 1 aliphatic rings. The zero-order valence-electron chi connectivity index (χ0n) is 12.5. The van der Waals surface area contributed by atoms with Gasteiger partial charge in [-0.05, 0) is 17.7 Å². The van der Waals surface area contributed by atoms with Gasteiger partial charge in [-0.25, -0.2) is 4.98 Å². The van der Waals surface area contributed by atoms with Crippen LogP contribution in [0.5, 0.6) is 0 Å². The molecule has 1 fully saturated rings. The van der Waals surface area contributed by atoms with Gasteiger partial charge in [0.15, 0.2) is 0 Å². The molecule has 1 unspecified atom stereocenters. The van der Waals surface area contributed by atoms with E-state index in [4.69, 9.17) is 0 Å². The second-order valence-corrected chi connectivity index (χ2v) is 6.45. The molecule has 0 aliphatic carbocycles. The molecular formula is C17H13N2O4S-. The summed E-state index contributed by atoms with van der Waals surface area (Å²) in [5, 5.41) is 10.6. The third kappa shape index (κ3) is 3.30. The van der Waals surface area contributed by atoms with Crippen molar-refractivity contribution in [1.82, 2.24) is 9.88 Å². The van der Waals surface area contributed by atoms with Gasteiger partial charge in [-0.2, -0.15) is 0 Å². The van der Waals surface area contributed by atoms with Gasteiger partial charge >= 0.3 is 0 Å². The normalized spacial score (nSPS) is 17.3. The molecule has 24 heavy (non-hydrogen) atoms. The molecule has 1 atom stereocenters. The van der Waals surface area contributed by atoms with Gasteiger partial charge in [0.25, 0.3) is 0 Å². The maximum atomic E-state index is 12.5. The zero-order chi connectivity index (χ0) is 17.1. The summed E-state index contributed by atoms with van der Waals surface area (Å²) in [6, 6.07) is 12.1. The zero-order valence-corrected chi connectivity index (χ0v) is 13.4. The lowest BCUT2D eigenvalue weighted by molar-refractivity contribution is -0.255. The van der Waals surface area contributed by atoms with E-state index >= 15 is 0 Å². The summed E-state index contributed by atoms with van der Waals surface area (Å²) >= 11 is 0.988. The molecule has 1 aromatic heterocycles. The van der Waals surface area contributed by atoms with Gasteiger partial charge in [0.1, 0.15) is 5.03 Å². The van der Waals surface area contributed by atoms with Crippen molar-refractivity contribution < 1.29 is 19.5 Å². The fourth-order valence-corrected chi connectivity index (χ4v) is 3.58. The number of rotatable bonds is 5. The maximum Gasteiger partial charge on any atom is 0.243 e. The molecule has 0 saturated carbocycles. The van der Waals surface area contributed by atoms with Crippen molar-refractivity contribution in [2.75, 3.05) is 0 Å². The van der Waals surface area contributed by atoms with Crippen LogP contribution in [0.25, 0.3) is 0 Å². The predicted molar refractivity (Wildman–Crippen MR) is 84.8 cm³/mol. The molecule has 2 amide bonds. The van der Waals surface area contributed by atoms with Gasteiger partial charge in [0, 0.05) is 18.2 Å². The SMILES string of the molecule is O=C([O-])c1cccnc1SC1CC(=O)N(Cc2ccccc2)C1=O. The van der Waals surface area contributed by atoms with Gasteiger partial charge in [0.2, 0.25) is 11.8 Å². The van der Waals surface area contributed by atoms with E-state index in [1.807, 2.05) is 30.3 Å². The molecule has 0 bridgehead atoms. The van der Waals surface area contributed by atoms with Crippen LogP contribution in [0.3, 0.4) is 0 Å². The number of carbonyl (C=O) groups is 3. The molecule has 7 heteroatoms. The minimum atomic E-state index is -1.36. The number of carboxylic acid groups (broad SMARTS) is 1. The first-order chi connectivity index (χ1) is 11.6. The fraction of sp³-hybridized carbons (Fsp3) is 0.176. The first-order valence-corrected chi connectivity index (χ1v) is 8.15. The van der Waals surface area contributed by atoms with Crippen LogP contribution >= 0.6 is 11.8 Å². The fourth-order valence-electron chi connectivity index (χ4n) is 2.45. The van der Waals surface area contributed by atoms with Gasteiger partial charge in [-0.15, -0.1) is 0 Å². The number of carbonyl (C=O) groups excluding carboxylic acids is 3. The Kier molecular flexibility index (Phi) is 4.61. The van der Waals surface area contributed by atoms with Crippen molar-refractivity contribution in [3.63, 3.8) is 0 Å². The van der Waals surface area contributed by atoms with Crippen molar-refractivity contribution in [3.05, 3.63) is 59.8 Å². The summed E-state index contributed by atoms with van der Waals surface area (Å²) in [6.07, 6.45) is 1.47. The monoisotopic (exact) mass is 341 g/mol. The Balaban J connectivity index is 1.76. The van der Waals surface area contributed by atoms with Crippen LogP contribution in [-0.2, 0) is 16.1 Å². The molecule has 6 nitrogen and oxygen atoms in total. The first kappa shape index (κ1) is 16.2. The predicted octanol–water partition coefficient (Wildman–Crippen LogP) is 0.865. The average Bonchev–Trinajstić information content (AvgIpc) is 2.84. The Morgan fingerprint density at radius 2 is 1.96 bits per heavy atom. The van der Waals surface area contributed by atoms with E-state index in [2.05, 4.69) is 4.98 Å². The van der Waals surface area contributed by atoms with Crippen molar-refractivity contribution in [3.8, 4) is 0 Å². The van der Waals surface area contributed by atoms with Crippen LogP contribution < -0.4 is 5.11 Å². The maximum absolute atomic E-state index is 12.5. The summed E-state index contributed by atoms with van der Waals surface area (Å²) in [5.41, 5.74) is 0.780. The summed E-state index contributed by atoms with van der Waals surface area (Å²) < 4.78 is 0. The largest absolute Gasteiger partial charge is 0.545 e. The summed E-state index contributed by atoms with van der Waals surface area (Å²) in [4.78, 5) is 41.0. The summed E-state index contributed by atoms with van der Waals surface area (Å²) in [6.45, 7) is 0.213. The number of likely N-dealkylation sites (tertiary alicyclic amines) is 1. The lowest BCUT2D eigenvalue weighted by Gasteiger charge is -2.15. The minimum absolute atomic E-state index is 0.0272. The highest BCUT2D eigenvalue weighted by Gasteiger charge is 2.39. The van der Waals surface area contributed by atoms with Crippen LogP contribution in [0.4, 0.5) is 0 Å². The number of benzene rings is 1.